The summed E-state index contributed by atoms with van der Waals surface area (Å²) in [4.78, 5) is 18.2. The first-order chi connectivity index (χ1) is 9.20. The van der Waals surface area contributed by atoms with Gasteiger partial charge in [0.1, 0.15) is 6.04 Å². The lowest BCUT2D eigenvalue weighted by Crippen LogP contribution is -2.40. The van der Waals surface area contributed by atoms with Crippen LogP contribution in [0.5, 0.6) is 0 Å². The molecule has 0 fully saturated rings. The number of imidazole rings is 1. The van der Waals surface area contributed by atoms with E-state index in [1.54, 1.807) is 36.6 Å². The van der Waals surface area contributed by atoms with Crippen molar-refractivity contribution in [2.24, 2.45) is 0 Å². The van der Waals surface area contributed by atoms with E-state index in [-0.39, 0.29) is 24.4 Å². The molecule has 0 aliphatic carbocycles. The lowest BCUT2D eigenvalue weighted by Gasteiger charge is -2.31. The molecule has 1 aliphatic heterocycles. The maximum Gasteiger partial charge on any atom is 0.250 e. The van der Waals surface area contributed by atoms with E-state index < -0.39 is 0 Å². The Morgan fingerprint density at radius 1 is 1.35 bits per heavy atom. The van der Waals surface area contributed by atoms with E-state index in [9.17, 15) is 4.79 Å². The van der Waals surface area contributed by atoms with Gasteiger partial charge in [-0.25, -0.2) is 4.98 Å². The Hall–Kier alpha value is -2.32. The maximum absolute atomic E-state index is 12.4. The third-order valence-corrected chi connectivity index (χ3v) is 3.39. The Kier molecular flexibility index (Phi) is 3.77. The van der Waals surface area contributed by atoms with E-state index in [0.29, 0.717) is 12.1 Å². The van der Waals surface area contributed by atoms with Gasteiger partial charge in [0.05, 0.1) is 30.2 Å². The molecule has 1 aromatic heterocycles. The van der Waals surface area contributed by atoms with Crippen LogP contribution in [0, 0.1) is 11.3 Å². The molecule has 0 radical (unpaired) electrons. The summed E-state index contributed by atoms with van der Waals surface area (Å²) in [6.45, 7) is 0.575. The van der Waals surface area contributed by atoms with Gasteiger partial charge in [-0.2, -0.15) is 5.26 Å². The summed E-state index contributed by atoms with van der Waals surface area (Å²) in [6.07, 6.45) is 3.46. The quantitative estimate of drug-likeness (QED) is 0.803. The fraction of sp³-hybridized carbons (Fsp3) is 0.214. The van der Waals surface area contributed by atoms with E-state index in [1.807, 2.05) is 16.7 Å². The normalized spacial score (nSPS) is 17.1. The first-order valence-electron chi connectivity index (χ1n) is 5.96. The Labute approximate surface area is 122 Å². The molecule has 0 saturated carbocycles. The van der Waals surface area contributed by atoms with E-state index in [2.05, 4.69) is 11.1 Å². The van der Waals surface area contributed by atoms with Crippen molar-refractivity contribution in [1.82, 2.24) is 14.5 Å². The maximum atomic E-state index is 12.4. The Balaban J connectivity index is 0.00000147. The molecule has 0 bridgehead atoms. The number of hydrogen-bond acceptors (Lipinski definition) is 3. The van der Waals surface area contributed by atoms with Crippen molar-refractivity contribution in [3.63, 3.8) is 0 Å². The molecule has 0 saturated heterocycles. The third kappa shape index (κ3) is 2.15. The van der Waals surface area contributed by atoms with Crippen LogP contribution < -0.4 is 0 Å². The highest BCUT2D eigenvalue weighted by Crippen LogP contribution is 2.27. The fourth-order valence-corrected chi connectivity index (χ4v) is 2.38. The minimum Gasteiger partial charge on any atom is -0.338 e. The second-order valence-electron chi connectivity index (χ2n) is 4.62. The van der Waals surface area contributed by atoms with Crippen molar-refractivity contribution in [3.05, 3.63) is 53.6 Å². The summed E-state index contributed by atoms with van der Waals surface area (Å²) in [5.41, 5.74) is 2.47. The zero-order chi connectivity index (χ0) is 13.4. The average molecular weight is 289 g/mol. The van der Waals surface area contributed by atoms with E-state index in [4.69, 9.17) is 5.26 Å². The standard InChI is InChI=1S/C14H12N4O.ClH/c1-17-8-12-7-16-9-18(12)13(14(17)19)11-4-2-10(6-15)3-5-11;/h2-5,7,9,13H,8H2,1H3;1H. The number of nitriles is 1. The van der Waals surface area contributed by atoms with Crippen LogP contribution in [0.15, 0.2) is 36.8 Å². The molecule has 0 spiro atoms. The minimum absolute atomic E-state index is 0. The summed E-state index contributed by atoms with van der Waals surface area (Å²) in [6, 6.07) is 8.80. The Morgan fingerprint density at radius 2 is 2.05 bits per heavy atom. The highest BCUT2D eigenvalue weighted by atomic mass is 35.5. The van der Waals surface area contributed by atoms with E-state index in [0.717, 1.165) is 11.3 Å². The van der Waals surface area contributed by atoms with Gasteiger partial charge in [-0.3, -0.25) is 4.79 Å². The number of rotatable bonds is 1. The number of fused-ring (bicyclic) bond motifs is 1. The second kappa shape index (κ2) is 5.35. The fourth-order valence-electron chi connectivity index (χ4n) is 2.38. The summed E-state index contributed by atoms with van der Waals surface area (Å²) in [7, 11) is 1.79. The van der Waals surface area contributed by atoms with Gasteiger partial charge in [-0.15, -0.1) is 12.4 Å². The van der Waals surface area contributed by atoms with E-state index >= 15 is 0 Å². The third-order valence-electron chi connectivity index (χ3n) is 3.39. The summed E-state index contributed by atoms with van der Waals surface area (Å²) in [5.74, 6) is 0.0372. The zero-order valence-corrected chi connectivity index (χ0v) is 11.7. The molecule has 20 heavy (non-hydrogen) atoms. The van der Waals surface area contributed by atoms with Gasteiger partial charge < -0.3 is 9.47 Å². The Morgan fingerprint density at radius 3 is 2.70 bits per heavy atom. The minimum atomic E-state index is -0.385. The first kappa shape index (κ1) is 14.1. The van der Waals surface area contributed by atoms with Crippen LogP contribution in [0.3, 0.4) is 0 Å². The highest BCUT2D eigenvalue weighted by Gasteiger charge is 2.31. The number of aromatic nitrogens is 2. The SMILES string of the molecule is CN1Cc2cncn2C(c2ccc(C#N)cc2)C1=O.Cl. The number of halogens is 1. The van der Waals surface area contributed by atoms with Gasteiger partial charge in [0.2, 0.25) is 5.91 Å². The van der Waals surface area contributed by atoms with Crippen LogP contribution >= 0.6 is 12.4 Å². The molecule has 1 atom stereocenters. The monoisotopic (exact) mass is 288 g/mol. The van der Waals surface area contributed by atoms with Gasteiger partial charge in [0.25, 0.3) is 0 Å². The molecule has 1 aliphatic rings. The van der Waals surface area contributed by atoms with Crippen molar-refractivity contribution >= 4 is 18.3 Å². The summed E-state index contributed by atoms with van der Waals surface area (Å²) in [5, 5.41) is 8.82. The Bertz CT molecular complexity index is 671. The van der Waals surface area contributed by atoms with Gasteiger partial charge in [-0.05, 0) is 17.7 Å². The average Bonchev–Trinajstić information content (AvgIpc) is 2.88. The molecule has 5 nitrogen and oxygen atoms in total. The molecular formula is C14H13ClN4O. The van der Waals surface area contributed by atoms with Gasteiger partial charge in [-0.1, -0.05) is 12.1 Å². The molecule has 1 aromatic carbocycles. The number of likely N-dealkylation sites (N-methyl/N-ethyl adjacent to an activating group) is 1. The lowest BCUT2D eigenvalue weighted by molar-refractivity contribution is -0.134. The van der Waals surface area contributed by atoms with Gasteiger partial charge >= 0.3 is 0 Å². The topological polar surface area (TPSA) is 61.9 Å². The second-order valence-corrected chi connectivity index (χ2v) is 4.62. The van der Waals surface area contributed by atoms with Crippen molar-refractivity contribution in [3.8, 4) is 6.07 Å². The van der Waals surface area contributed by atoms with Crippen molar-refractivity contribution < 1.29 is 4.79 Å². The van der Waals surface area contributed by atoms with Crippen LogP contribution in [-0.4, -0.2) is 27.4 Å². The molecule has 3 rings (SSSR count). The molecule has 2 heterocycles. The van der Waals surface area contributed by atoms with Crippen LogP contribution in [0.1, 0.15) is 22.9 Å². The molecule has 1 amide bonds. The summed E-state index contributed by atoms with van der Waals surface area (Å²) < 4.78 is 1.89. The van der Waals surface area contributed by atoms with Crippen LogP contribution in [0.2, 0.25) is 0 Å². The smallest absolute Gasteiger partial charge is 0.250 e. The number of hydrogen-bond donors (Lipinski definition) is 0. The predicted molar refractivity (Wildman–Crippen MR) is 75.2 cm³/mol. The zero-order valence-electron chi connectivity index (χ0n) is 10.9. The molecular weight excluding hydrogens is 276 g/mol. The van der Waals surface area contributed by atoms with E-state index in [1.165, 1.54) is 0 Å². The first-order valence-corrected chi connectivity index (χ1v) is 5.96. The summed E-state index contributed by atoms with van der Waals surface area (Å²) >= 11 is 0. The van der Waals surface area contributed by atoms with Crippen LogP contribution in [-0.2, 0) is 11.3 Å². The molecule has 6 heteroatoms. The largest absolute Gasteiger partial charge is 0.338 e. The van der Waals surface area contributed by atoms with Crippen molar-refractivity contribution in [1.29, 1.82) is 5.26 Å². The van der Waals surface area contributed by atoms with Crippen LogP contribution in [0.25, 0.3) is 0 Å². The number of benzene rings is 1. The van der Waals surface area contributed by atoms with Gasteiger partial charge in [0.15, 0.2) is 0 Å². The number of nitrogens with zero attached hydrogens (tertiary/aromatic N) is 4. The molecule has 0 N–H and O–H groups in total. The van der Waals surface area contributed by atoms with Crippen LogP contribution in [0.4, 0.5) is 0 Å². The molecule has 102 valence electrons. The number of carbonyl (C=O) groups excluding carboxylic acids is 1. The van der Waals surface area contributed by atoms with Crippen molar-refractivity contribution in [2.45, 2.75) is 12.6 Å². The van der Waals surface area contributed by atoms with Crippen molar-refractivity contribution in [2.75, 3.05) is 7.05 Å². The lowest BCUT2D eigenvalue weighted by atomic mass is 10.0. The van der Waals surface area contributed by atoms with Gasteiger partial charge in [0, 0.05) is 13.2 Å². The number of amides is 1. The predicted octanol–water partition coefficient (Wildman–Crippen LogP) is 1.74. The highest BCUT2D eigenvalue weighted by molar-refractivity contribution is 5.85. The number of carbonyl (C=O) groups is 1. The molecule has 1 unspecified atom stereocenters. The molecule has 2 aromatic rings.